The monoisotopic (exact) mass is 691 g/mol. The van der Waals surface area contributed by atoms with Gasteiger partial charge in [-0.25, -0.2) is 4.98 Å². The van der Waals surface area contributed by atoms with E-state index in [0.29, 0.717) is 64.7 Å². The second-order valence-electron chi connectivity index (χ2n) is 11.7. The topological polar surface area (TPSA) is 124 Å². The van der Waals surface area contributed by atoms with E-state index in [1.54, 1.807) is 20.4 Å². The molecule has 1 fully saturated rings. The highest BCUT2D eigenvalue weighted by Crippen LogP contribution is 2.42. The van der Waals surface area contributed by atoms with Crippen molar-refractivity contribution in [2.75, 3.05) is 27.3 Å². The van der Waals surface area contributed by atoms with E-state index in [1.165, 1.54) is 0 Å². The van der Waals surface area contributed by atoms with Gasteiger partial charge in [0.1, 0.15) is 5.75 Å². The van der Waals surface area contributed by atoms with Gasteiger partial charge in [0.25, 0.3) is 0 Å². The maximum absolute atomic E-state index is 11.9. The second kappa shape index (κ2) is 16.3. The molecule has 0 unspecified atom stereocenters. The van der Waals surface area contributed by atoms with Crippen LogP contribution in [0.2, 0.25) is 10.0 Å². The number of amides is 1. The summed E-state index contributed by atoms with van der Waals surface area (Å²) in [5.41, 5.74) is 5.93. The first-order valence-corrected chi connectivity index (χ1v) is 16.5. The van der Waals surface area contributed by atoms with E-state index < -0.39 is 0 Å². The van der Waals surface area contributed by atoms with Gasteiger partial charge in [-0.2, -0.15) is 0 Å². The Bertz CT molecular complexity index is 1780. The third-order valence-corrected chi connectivity index (χ3v) is 8.68. The molecular weight excluding hydrogens is 653 g/mol. The number of esters is 1. The van der Waals surface area contributed by atoms with Crippen LogP contribution in [0.4, 0.5) is 0 Å². The highest BCUT2D eigenvalue weighted by Gasteiger charge is 2.21. The van der Waals surface area contributed by atoms with Gasteiger partial charge in [0.15, 0.2) is 0 Å². The molecule has 252 valence electrons. The molecule has 0 aliphatic carbocycles. The summed E-state index contributed by atoms with van der Waals surface area (Å²) in [7, 11) is 3.18. The van der Waals surface area contributed by atoms with E-state index in [1.807, 2.05) is 68.4 Å². The fourth-order valence-corrected chi connectivity index (χ4v) is 6.22. The number of aromatic nitrogens is 2. The molecule has 4 aromatic rings. The maximum atomic E-state index is 11.9. The molecule has 1 amide bonds. The molecule has 48 heavy (non-hydrogen) atoms. The van der Waals surface area contributed by atoms with E-state index in [0.717, 1.165) is 34.2 Å². The third-order valence-electron chi connectivity index (χ3n) is 7.89. The van der Waals surface area contributed by atoms with Gasteiger partial charge < -0.3 is 30.2 Å². The summed E-state index contributed by atoms with van der Waals surface area (Å²) < 4.78 is 16.5. The molecule has 2 aromatic heterocycles. The molecule has 0 saturated carbocycles. The van der Waals surface area contributed by atoms with E-state index in [9.17, 15) is 9.59 Å². The van der Waals surface area contributed by atoms with Crippen LogP contribution in [-0.2, 0) is 27.4 Å². The predicted molar refractivity (Wildman–Crippen MR) is 187 cm³/mol. The lowest BCUT2D eigenvalue weighted by Crippen LogP contribution is -2.35. The van der Waals surface area contributed by atoms with E-state index in [-0.39, 0.29) is 30.6 Å². The Balaban J connectivity index is 1.35. The number of halogens is 2. The Hall–Kier alpha value is -4.22. The van der Waals surface area contributed by atoms with Crippen LogP contribution in [0.3, 0.4) is 0 Å². The fraction of sp³-hybridized carbons (Fsp3) is 0.333. The first-order chi connectivity index (χ1) is 23.2. The van der Waals surface area contributed by atoms with Crippen LogP contribution in [0.25, 0.3) is 33.6 Å². The zero-order chi connectivity index (χ0) is 34.2. The molecule has 10 nitrogen and oxygen atoms in total. The average Bonchev–Trinajstić information content (AvgIpc) is 3.49. The van der Waals surface area contributed by atoms with Crippen LogP contribution in [0.15, 0.2) is 60.8 Å². The molecule has 1 atom stereocenters. The molecular formula is C36H39Cl2N5O5. The van der Waals surface area contributed by atoms with Gasteiger partial charge >= 0.3 is 5.97 Å². The van der Waals surface area contributed by atoms with Crippen molar-refractivity contribution in [3.8, 4) is 45.3 Å². The van der Waals surface area contributed by atoms with E-state index in [2.05, 4.69) is 20.9 Å². The molecule has 3 N–H and O–H groups in total. The first-order valence-electron chi connectivity index (χ1n) is 15.7. The van der Waals surface area contributed by atoms with Gasteiger partial charge in [-0.05, 0) is 38.5 Å². The van der Waals surface area contributed by atoms with Crippen molar-refractivity contribution in [2.24, 2.45) is 0 Å². The van der Waals surface area contributed by atoms with Gasteiger partial charge in [-0.3, -0.25) is 14.6 Å². The van der Waals surface area contributed by atoms with Crippen LogP contribution in [0.1, 0.15) is 37.8 Å². The van der Waals surface area contributed by atoms with Crippen molar-refractivity contribution in [3.05, 3.63) is 82.0 Å². The minimum atomic E-state index is -0.316. The number of rotatable bonds is 14. The van der Waals surface area contributed by atoms with E-state index in [4.69, 9.17) is 42.4 Å². The van der Waals surface area contributed by atoms with Gasteiger partial charge in [-0.15, -0.1) is 0 Å². The fourth-order valence-electron chi connectivity index (χ4n) is 5.57. The van der Waals surface area contributed by atoms with Crippen molar-refractivity contribution in [3.63, 3.8) is 0 Å². The number of methoxy groups -OCH3 is 2. The van der Waals surface area contributed by atoms with Crippen LogP contribution in [0, 0.1) is 0 Å². The Morgan fingerprint density at radius 3 is 2.44 bits per heavy atom. The van der Waals surface area contributed by atoms with Crippen molar-refractivity contribution in [1.29, 1.82) is 0 Å². The molecule has 0 radical (unpaired) electrons. The first kappa shape index (κ1) is 35.1. The third kappa shape index (κ3) is 8.43. The summed E-state index contributed by atoms with van der Waals surface area (Å²) >= 11 is 14.1. The SMILES string of the molecule is COc1cc(-c2nccc(-c3cccc(-c4ccc(CNC[C@H]5CCC(=O)N5)c(OC)n4)c3Cl)c2Cl)ccc1CNCC(=O)OC(C)C. The maximum Gasteiger partial charge on any atom is 0.320 e. The number of carbonyl (C=O) groups excluding carboxylic acids is 2. The highest BCUT2D eigenvalue weighted by atomic mass is 35.5. The van der Waals surface area contributed by atoms with Crippen LogP contribution < -0.4 is 25.4 Å². The Labute approximate surface area is 290 Å². The Morgan fingerprint density at radius 2 is 1.71 bits per heavy atom. The molecule has 3 heterocycles. The number of nitrogens with zero attached hydrogens (tertiary/aromatic N) is 2. The minimum absolute atomic E-state index is 0.0876. The second-order valence-corrected chi connectivity index (χ2v) is 12.4. The summed E-state index contributed by atoms with van der Waals surface area (Å²) in [6.07, 6.45) is 2.92. The molecule has 12 heteroatoms. The van der Waals surface area contributed by atoms with Crippen LogP contribution in [-0.4, -0.2) is 61.3 Å². The van der Waals surface area contributed by atoms with Crippen LogP contribution >= 0.6 is 23.2 Å². The number of ether oxygens (including phenoxy) is 3. The van der Waals surface area contributed by atoms with Gasteiger partial charge in [0.2, 0.25) is 11.8 Å². The van der Waals surface area contributed by atoms with Crippen molar-refractivity contribution >= 4 is 35.1 Å². The summed E-state index contributed by atoms with van der Waals surface area (Å²) in [5, 5.41) is 10.4. The lowest BCUT2D eigenvalue weighted by molar-refractivity contribution is -0.146. The number of nitrogens with one attached hydrogen (secondary N) is 3. The molecule has 5 rings (SSSR count). The lowest BCUT2D eigenvalue weighted by Gasteiger charge is -2.16. The normalized spacial score (nSPS) is 14.2. The standard InChI is InChI=1S/C36H39Cl2N5O5/c1-21(2)48-32(45)20-40-17-23-9-8-22(16-30(23)46-3)35-34(38)27(14-15-41-35)26-6-5-7-28(33(26)37)29-12-10-24(36(43-29)47-4)18-39-19-25-11-13-31(44)42-25/h5-10,12,14-16,21,25,39-40H,11,13,17-20H2,1-4H3,(H,42,44)/t25-/m1/s1. The molecule has 0 bridgehead atoms. The minimum Gasteiger partial charge on any atom is -0.496 e. The Kier molecular flexibility index (Phi) is 11.9. The summed E-state index contributed by atoms with van der Waals surface area (Å²) in [6.45, 7) is 5.34. The number of hydrogen-bond acceptors (Lipinski definition) is 9. The molecule has 1 saturated heterocycles. The van der Waals surface area contributed by atoms with Crippen LogP contribution in [0.5, 0.6) is 11.6 Å². The average molecular weight is 693 g/mol. The molecule has 0 spiro atoms. The molecule has 1 aliphatic rings. The van der Waals surface area contributed by atoms with Crippen molar-refractivity contribution in [2.45, 2.75) is 51.9 Å². The predicted octanol–water partition coefficient (Wildman–Crippen LogP) is 6.21. The number of benzene rings is 2. The summed E-state index contributed by atoms with van der Waals surface area (Å²) in [5.74, 6) is 0.897. The van der Waals surface area contributed by atoms with Gasteiger partial charge in [0, 0.05) is 71.7 Å². The number of pyridine rings is 2. The van der Waals surface area contributed by atoms with Crippen molar-refractivity contribution < 1.29 is 23.8 Å². The van der Waals surface area contributed by atoms with Gasteiger partial charge in [-0.1, -0.05) is 59.6 Å². The van der Waals surface area contributed by atoms with Gasteiger partial charge in [0.05, 0.1) is 48.3 Å². The highest BCUT2D eigenvalue weighted by molar-refractivity contribution is 6.39. The Morgan fingerprint density at radius 1 is 0.958 bits per heavy atom. The quantitative estimate of drug-likeness (QED) is 0.132. The summed E-state index contributed by atoms with van der Waals surface area (Å²) in [4.78, 5) is 32.8. The zero-order valence-corrected chi connectivity index (χ0v) is 28.9. The molecule has 2 aromatic carbocycles. The number of carbonyl (C=O) groups is 2. The molecule has 1 aliphatic heterocycles. The lowest BCUT2D eigenvalue weighted by atomic mass is 9.99. The number of hydrogen-bond donors (Lipinski definition) is 3. The van der Waals surface area contributed by atoms with E-state index >= 15 is 0 Å². The summed E-state index contributed by atoms with van der Waals surface area (Å²) in [6, 6.07) is 17.3. The smallest absolute Gasteiger partial charge is 0.320 e. The largest absolute Gasteiger partial charge is 0.496 e. The van der Waals surface area contributed by atoms with Crippen molar-refractivity contribution in [1.82, 2.24) is 25.9 Å². The zero-order valence-electron chi connectivity index (χ0n) is 27.4.